The van der Waals surface area contributed by atoms with Crippen LogP contribution in [0.25, 0.3) is 0 Å². The fourth-order valence-electron chi connectivity index (χ4n) is 22.9. The minimum atomic E-state index is -2.86. The van der Waals surface area contributed by atoms with Gasteiger partial charge in [0.2, 0.25) is 0 Å². The van der Waals surface area contributed by atoms with Gasteiger partial charge in [0.1, 0.15) is 6.61 Å². The number of carboxylic acids is 19. The smallest absolute Gasteiger partial charge is 0.311 e. The molecular weight excluding hydrogens is 2000 g/mol. The molecule has 19 N–H and O–H groups in total. The molecule has 0 heterocycles. The zero-order valence-corrected chi connectivity index (χ0v) is 90.6. The van der Waals surface area contributed by atoms with E-state index in [0.717, 1.165) is 138 Å². The molecule has 49 nitrogen and oxygen atoms in total. The lowest BCUT2D eigenvalue weighted by atomic mass is 9.55. The van der Waals surface area contributed by atoms with Crippen LogP contribution in [0.2, 0.25) is 0 Å². The number of ether oxygens (including phenoxy) is 10. The van der Waals surface area contributed by atoms with E-state index in [-0.39, 0.29) is 52.7 Å². The average Bonchev–Trinajstić information content (AvgIpc) is 0.747. The molecule has 0 radical (unpaired) electrons. The SMILES string of the molecule is CCC(C)(CC(C)(CC(C)(CC(C)(CC(C)(CC(C)(CC(C)(CC(C)(CC(C)(CC(C)(CC(C)(CC(C)(CC(C)(CC(C)(CC(C)(CC(C)(CC(C)(CC(C)(CC(C)(CC(C)(C)C(=O)O)C(=O)O)C(=O)O)C(=O)O)C(=O)O)C(=O)O)C(=O)O)C(=O)O)C(=O)O)C(=O)O)C(=O)O)C(=O)O)C(=O)O)C(=O)O)C(=O)O)C(=O)O)C(=O)O)C(=O)O)C(=O)O)C(=O)OCCOCCOCCOCCOCCOCCOCCOCCOCCOC. The highest BCUT2D eigenvalue weighted by atomic mass is 16.6. The first-order valence-electron chi connectivity index (χ1n) is 48.6. The molecule has 0 aromatic rings. The molecule has 49 heteroatoms. The van der Waals surface area contributed by atoms with Crippen LogP contribution < -0.4 is 0 Å². The van der Waals surface area contributed by atoms with Crippen molar-refractivity contribution in [2.75, 3.05) is 126 Å². The average molecular weight is 2160 g/mol. The minimum Gasteiger partial charge on any atom is -0.481 e. The third kappa shape index (κ3) is 39.0. The Kier molecular flexibility index (Phi) is 51.0. The number of rotatable bonds is 86. The van der Waals surface area contributed by atoms with Crippen LogP contribution in [0.5, 0.6) is 0 Å². The first-order valence-corrected chi connectivity index (χ1v) is 48.6. The molecule has 0 fully saturated rings. The third-order valence-corrected chi connectivity index (χ3v) is 29.5. The molecule has 0 aliphatic heterocycles. The number of carboxylic acid groups (broad SMARTS) is 19. The molecule has 0 aromatic heterocycles. The number of hydrogen-bond acceptors (Lipinski definition) is 30. The van der Waals surface area contributed by atoms with Crippen molar-refractivity contribution < 1.29 is 240 Å². The van der Waals surface area contributed by atoms with Gasteiger partial charge in [0.25, 0.3) is 0 Å². The van der Waals surface area contributed by atoms with Gasteiger partial charge in [-0.15, -0.1) is 0 Å². The van der Waals surface area contributed by atoms with E-state index in [4.69, 9.17) is 47.4 Å². The van der Waals surface area contributed by atoms with Crippen molar-refractivity contribution in [1.29, 1.82) is 0 Å². The van der Waals surface area contributed by atoms with E-state index >= 15 is 0 Å². The van der Waals surface area contributed by atoms with E-state index in [1.54, 1.807) is 7.11 Å². The van der Waals surface area contributed by atoms with Crippen molar-refractivity contribution in [3.8, 4) is 0 Å². The predicted octanol–water partition coefficient (Wildman–Crippen LogP) is 10.9. The Balaban J connectivity index is 7.48. The van der Waals surface area contributed by atoms with Gasteiger partial charge in [-0.3, -0.25) is 95.9 Å². The third-order valence-electron chi connectivity index (χ3n) is 29.5. The molecule has 19 unspecified atom stereocenters. The van der Waals surface area contributed by atoms with E-state index in [1.807, 2.05) is 0 Å². The predicted molar refractivity (Wildman–Crippen MR) is 520 cm³/mol. The van der Waals surface area contributed by atoms with Crippen LogP contribution in [-0.2, 0) is 143 Å². The van der Waals surface area contributed by atoms with E-state index < -0.39 is 350 Å². The second kappa shape index (κ2) is 55.0. The summed E-state index contributed by atoms with van der Waals surface area (Å²) in [6.45, 7) is 24.9. The van der Waals surface area contributed by atoms with Gasteiger partial charge in [0, 0.05) is 7.11 Å². The fraction of sp³-hybridized carbons (Fsp3) is 0.802. The summed E-state index contributed by atoms with van der Waals surface area (Å²) in [4.78, 5) is 273. The normalized spacial score (nSPS) is 19.7. The lowest BCUT2D eigenvalue weighted by Gasteiger charge is -2.46. The maximum absolute atomic E-state index is 14.0. The Morgan fingerprint density at radius 3 is 0.347 bits per heavy atom. The minimum absolute atomic E-state index is 0.0426. The number of methoxy groups -OCH3 is 1. The van der Waals surface area contributed by atoms with Crippen molar-refractivity contribution in [2.24, 2.45) is 108 Å². The van der Waals surface area contributed by atoms with Crippen LogP contribution in [0.4, 0.5) is 0 Å². The Morgan fingerprint density at radius 1 is 0.147 bits per heavy atom. The molecule has 0 aromatic carbocycles. The quantitative estimate of drug-likeness (QED) is 0.0199. The summed E-state index contributed by atoms with van der Waals surface area (Å²) in [5.74, 6) is -37.8. The number of esters is 1. The second-order valence-electron chi connectivity index (χ2n) is 47.1. The van der Waals surface area contributed by atoms with Gasteiger partial charge in [-0.05, 0) is 274 Å². The summed E-state index contributed by atoms with van der Waals surface area (Å²) < 4.78 is 54.1. The van der Waals surface area contributed by atoms with Crippen LogP contribution in [0, 0.1) is 108 Å². The summed E-state index contributed by atoms with van der Waals surface area (Å²) >= 11 is 0. The summed E-state index contributed by atoms with van der Waals surface area (Å²) in [5.41, 5.74) is -52.0. The molecule has 150 heavy (non-hydrogen) atoms. The topological polar surface area (TPSA) is 818 Å². The van der Waals surface area contributed by atoms with Crippen LogP contribution in [0.1, 0.15) is 281 Å². The van der Waals surface area contributed by atoms with Crippen LogP contribution in [0.15, 0.2) is 0 Å². The van der Waals surface area contributed by atoms with Gasteiger partial charge in [-0.2, -0.15) is 0 Å². The molecule has 0 aliphatic carbocycles. The Hall–Kier alpha value is -11.0. The molecule has 0 spiro atoms. The highest BCUT2D eigenvalue weighted by Gasteiger charge is 2.65. The highest BCUT2D eigenvalue weighted by molar-refractivity contribution is 5.89. The summed E-state index contributed by atoms with van der Waals surface area (Å²) in [6, 6.07) is 0. The molecule has 0 rings (SSSR count). The standard InChI is InChI=1S/C101H164O49/c1-24-83(4,81(140)150-42-41-149-40-39-148-38-37-147-36-35-146-34-33-145-32-31-144-30-29-143-28-27-142-26-25-141-23)44-85(6,64(106)107)46-87(8,66(110)111)48-89(10,68(114)115)50-91(12,70(118)119)52-93(14,72(122)123)54-95(16,74(126)127)56-97(18,76(130)131)58-99(20,78(134)135)60-101(22,80(138)139)61-100(21,79(136)137)59-98(19,77(132)133)57-96(17,75(128)129)55-94(15,73(124)125)53-92(13,71(120)121)51-90(11,69(116)117)49-88(9,67(112)113)47-86(7,65(108)109)45-84(5,63(104)105)43-82(2,3)62(102)103/h24-61H2,1-23H3,(H,102,103)(H,104,105)(H,106,107)(H,108,109)(H,110,111)(H,112,113)(H,114,115)(H,116,117)(H,118,119)(H,120,121)(H,122,123)(H,124,125)(H,126,127)(H,128,129)(H,130,131)(H,132,133)(H,134,135)(H,136,137)(H,138,139). The first-order chi connectivity index (χ1) is 67.9. The van der Waals surface area contributed by atoms with E-state index in [9.17, 15) is 193 Å². The van der Waals surface area contributed by atoms with E-state index in [2.05, 4.69) is 0 Å². The maximum atomic E-state index is 14.0. The lowest BCUT2D eigenvalue weighted by Crippen LogP contribution is -2.51. The zero-order chi connectivity index (χ0) is 117. The van der Waals surface area contributed by atoms with Crippen molar-refractivity contribution >= 4 is 119 Å². The maximum Gasteiger partial charge on any atom is 0.311 e. The van der Waals surface area contributed by atoms with Crippen molar-refractivity contribution in [3.63, 3.8) is 0 Å². The molecule has 0 saturated carbocycles. The molecule has 0 aliphatic rings. The fourth-order valence-corrected chi connectivity index (χ4v) is 22.9. The van der Waals surface area contributed by atoms with Crippen molar-refractivity contribution in [1.82, 2.24) is 0 Å². The Morgan fingerprint density at radius 2 is 0.247 bits per heavy atom. The monoisotopic (exact) mass is 2160 g/mol. The van der Waals surface area contributed by atoms with Gasteiger partial charge in [0.05, 0.1) is 221 Å². The first kappa shape index (κ1) is 139. The summed E-state index contributed by atoms with van der Waals surface area (Å²) in [7, 11) is 1.59. The van der Waals surface area contributed by atoms with Gasteiger partial charge in [-0.25, -0.2) is 0 Å². The number of carbonyl (C=O) groups excluding carboxylic acids is 1. The highest BCUT2D eigenvalue weighted by Crippen LogP contribution is 2.61. The Bertz CT molecular complexity index is 4650. The number of hydrogen-bond donors (Lipinski definition) is 19. The number of aliphatic carboxylic acids is 19. The van der Waals surface area contributed by atoms with Crippen LogP contribution in [-0.4, -0.2) is 342 Å². The molecular formula is C101H164O49. The van der Waals surface area contributed by atoms with Gasteiger partial charge >= 0.3 is 119 Å². The van der Waals surface area contributed by atoms with Crippen LogP contribution in [0.3, 0.4) is 0 Å². The largest absolute Gasteiger partial charge is 0.481 e. The van der Waals surface area contributed by atoms with Gasteiger partial charge in [0.15, 0.2) is 0 Å². The van der Waals surface area contributed by atoms with E-state index in [1.165, 1.54) is 13.8 Å². The molecule has 0 amide bonds. The van der Waals surface area contributed by atoms with Crippen molar-refractivity contribution in [3.05, 3.63) is 0 Å². The lowest BCUT2D eigenvalue weighted by molar-refractivity contribution is -0.174. The zero-order valence-electron chi connectivity index (χ0n) is 90.6. The molecule has 0 saturated heterocycles. The van der Waals surface area contributed by atoms with E-state index in [0.29, 0.717) is 72.7 Å². The molecule has 0 bridgehead atoms. The Labute approximate surface area is 871 Å². The van der Waals surface area contributed by atoms with Crippen LogP contribution >= 0.6 is 0 Å². The molecule has 19 atom stereocenters. The number of carbonyl (C=O) groups is 20. The van der Waals surface area contributed by atoms with Gasteiger partial charge < -0.3 is 144 Å². The van der Waals surface area contributed by atoms with Gasteiger partial charge in [-0.1, -0.05) is 6.92 Å². The summed E-state index contributed by atoms with van der Waals surface area (Å²) in [5, 5.41) is 209. The van der Waals surface area contributed by atoms with Crippen molar-refractivity contribution in [2.45, 2.75) is 281 Å². The second-order valence-corrected chi connectivity index (χ2v) is 47.1. The molecule has 862 valence electrons. The summed E-state index contributed by atoms with van der Waals surface area (Å²) in [6.07, 6.45) is -23.0.